The first kappa shape index (κ1) is 15.8. The number of thioether (sulfide) groups is 1. The lowest BCUT2D eigenvalue weighted by Crippen LogP contribution is -2.31. The average molecular weight is 386 g/mol. The van der Waals surface area contributed by atoms with Gasteiger partial charge in [0.1, 0.15) is 4.90 Å². The Morgan fingerprint density at radius 3 is 2.68 bits per heavy atom. The van der Waals surface area contributed by atoms with Crippen molar-refractivity contribution < 1.29 is 13.5 Å². The molecule has 0 atom stereocenters. The third-order valence-electron chi connectivity index (χ3n) is 3.05. The summed E-state index contributed by atoms with van der Waals surface area (Å²) in [5.41, 5.74) is 0. The standard InChI is InChI=1S/C11H16BrNO3S3/c12-11-10(5-9(7-14)18-11)19(15,16)13-6-8-1-3-17-4-2-8/h5,8,13-14H,1-4,6-7H2. The number of thiophene rings is 1. The first-order chi connectivity index (χ1) is 9.03. The van der Waals surface area contributed by atoms with E-state index in [2.05, 4.69) is 20.7 Å². The molecule has 8 heteroatoms. The molecule has 1 aromatic heterocycles. The molecule has 0 amide bonds. The lowest BCUT2D eigenvalue weighted by atomic mass is 10.0. The molecule has 1 aliphatic rings. The van der Waals surface area contributed by atoms with Crippen LogP contribution >= 0.6 is 39.0 Å². The zero-order valence-corrected chi connectivity index (χ0v) is 14.3. The van der Waals surface area contributed by atoms with Gasteiger partial charge in [-0.2, -0.15) is 11.8 Å². The molecule has 1 aromatic rings. The number of nitrogens with one attached hydrogen (secondary N) is 1. The lowest BCUT2D eigenvalue weighted by Gasteiger charge is -2.21. The van der Waals surface area contributed by atoms with Crippen molar-refractivity contribution >= 4 is 49.1 Å². The molecule has 4 nitrogen and oxygen atoms in total. The molecule has 1 aliphatic heterocycles. The summed E-state index contributed by atoms with van der Waals surface area (Å²) in [6.45, 7) is 0.359. The van der Waals surface area contributed by atoms with Crippen LogP contribution in [0.5, 0.6) is 0 Å². The fourth-order valence-electron chi connectivity index (χ4n) is 1.91. The van der Waals surface area contributed by atoms with Gasteiger partial charge in [-0.15, -0.1) is 11.3 Å². The Morgan fingerprint density at radius 2 is 2.11 bits per heavy atom. The number of rotatable bonds is 5. The van der Waals surface area contributed by atoms with Crippen molar-refractivity contribution in [1.29, 1.82) is 0 Å². The van der Waals surface area contributed by atoms with Crippen LogP contribution in [-0.2, 0) is 16.6 Å². The topological polar surface area (TPSA) is 66.4 Å². The van der Waals surface area contributed by atoms with Gasteiger partial charge in [0, 0.05) is 11.4 Å². The van der Waals surface area contributed by atoms with Crippen molar-refractivity contribution in [2.75, 3.05) is 18.1 Å². The summed E-state index contributed by atoms with van der Waals surface area (Å²) in [7, 11) is -3.48. The van der Waals surface area contributed by atoms with Crippen LogP contribution in [0, 0.1) is 5.92 Å². The summed E-state index contributed by atoms with van der Waals surface area (Å²) in [6.07, 6.45) is 2.14. The molecule has 2 N–H and O–H groups in total. The second-order valence-corrected chi connectivity index (χ2v) is 9.83. The van der Waals surface area contributed by atoms with E-state index < -0.39 is 10.0 Å². The molecule has 0 spiro atoms. The van der Waals surface area contributed by atoms with Crippen molar-refractivity contribution in [3.8, 4) is 0 Å². The number of sulfonamides is 1. The minimum absolute atomic E-state index is 0.140. The molecule has 0 bridgehead atoms. The lowest BCUT2D eigenvalue weighted by molar-refractivity contribution is 0.285. The number of aliphatic hydroxyl groups excluding tert-OH is 1. The quantitative estimate of drug-likeness (QED) is 0.816. The van der Waals surface area contributed by atoms with Gasteiger partial charge in [0.05, 0.1) is 10.4 Å². The first-order valence-electron chi connectivity index (χ1n) is 5.99. The molecule has 0 aromatic carbocycles. The fourth-order valence-corrected chi connectivity index (χ4v) is 6.78. The maximum Gasteiger partial charge on any atom is 0.242 e. The van der Waals surface area contributed by atoms with E-state index in [4.69, 9.17) is 5.11 Å². The van der Waals surface area contributed by atoms with E-state index in [-0.39, 0.29) is 11.5 Å². The average Bonchev–Trinajstić information content (AvgIpc) is 2.80. The second kappa shape index (κ2) is 6.91. The molecule has 0 aliphatic carbocycles. The van der Waals surface area contributed by atoms with Crippen molar-refractivity contribution in [3.63, 3.8) is 0 Å². The summed E-state index contributed by atoms with van der Waals surface area (Å²) in [4.78, 5) is 0.869. The van der Waals surface area contributed by atoms with Gasteiger partial charge in [-0.3, -0.25) is 0 Å². The fraction of sp³-hybridized carbons (Fsp3) is 0.636. The largest absolute Gasteiger partial charge is 0.391 e. The maximum absolute atomic E-state index is 12.2. The van der Waals surface area contributed by atoms with Gasteiger partial charge in [0.25, 0.3) is 0 Å². The van der Waals surface area contributed by atoms with Crippen molar-refractivity contribution in [1.82, 2.24) is 4.72 Å². The highest BCUT2D eigenvalue weighted by atomic mass is 79.9. The van der Waals surface area contributed by atoms with E-state index in [0.29, 0.717) is 21.1 Å². The predicted molar refractivity (Wildman–Crippen MR) is 83.2 cm³/mol. The van der Waals surface area contributed by atoms with E-state index in [1.165, 1.54) is 17.4 Å². The van der Waals surface area contributed by atoms with Crippen molar-refractivity contribution in [3.05, 3.63) is 14.7 Å². The first-order valence-corrected chi connectivity index (χ1v) is 10.2. The molecule has 2 heterocycles. The molecule has 19 heavy (non-hydrogen) atoms. The molecular formula is C11H16BrNO3S3. The van der Waals surface area contributed by atoms with Crippen LogP contribution < -0.4 is 4.72 Å². The summed E-state index contributed by atoms with van der Waals surface area (Å²) in [6, 6.07) is 1.52. The predicted octanol–water partition coefficient (Wildman–Crippen LogP) is 2.42. The Hall–Kier alpha value is 0.400. The van der Waals surface area contributed by atoms with Crippen molar-refractivity contribution in [2.45, 2.75) is 24.3 Å². The van der Waals surface area contributed by atoms with Gasteiger partial charge in [-0.1, -0.05) is 0 Å². The monoisotopic (exact) mass is 385 g/mol. The van der Waals surface area contributed by atoms with Crippen LogP contribution in [0.4, 0.5) is 0 Å². The Labute approximate surface area is 130 Å². The van der Waals surface area contributed by atoms with E-state index in [1.807, 2.05) is 11.8 Å². The van der Waals surface area contributed by atoms with E-state index in [9.17, 15) is 8.42 Å². The third-order valence-corrected chi connectivity index (χ3v) is 7.76. The van der Waals surface area contributed by atoms with Crippen LogP contribution in [0.3, 0.4) is 0 Å². The van der Waals surface area contributed by atoms with E-state index >= 15 is 0 Å². The number of halogens is 1. The maximum atomic E-state index is 12.2. The SMILES string of the molecule is O=S(=O)(NCC1CCSCC1)c1cc(CO)sc1Br. The van der Waals surface area contributed by atoms with Gasteiger partial charge in [0.2, 0.25) is 10.0 Å². The number of aliphatic hydroxyl groups is 1. The molecular weight excluding hydrogens is 370 g/mol. The molecule has 0 saturated carbocycles. The molecule has 2 rings (SSSR count). The van der Waals surface area contributed by atoms with Crippen LogP contribution in [0.1, 0.15) is 17.7 Å². The zero-order valence-electron chi connectivity index (χ0n) is 10.3. The zero-order chi connectivity index (χ0) is 13.9. The highest BCUT2D eigenvalue weighted by Crippen LogP contribution is 2.32. The van der Waals surface area contributed by atoms with Gasteiger partial charge >= 0.3 is 0 Å². The molecule has 1 saturated heterocycles. The van der Waals surface area contributed by atoms with Gasteiger partial charge in [-0.05, 0) is 52.3 Å². The minimum atomic E-state index is -3.48. The van der Waals surface area contributed by atoms with Crippen LogP contribution in [0.15, 0.2) is 14.7 Å². The highest BCUT2D eigenvalue weighted by molar-refractivity contribution is 9.11. The van der Waals surface area contributed by atoms with Crippen molar-refractivity contribution in [2.24, 2.45) is 5.92 Å². The second-order valence-electron chi connectivity index (χ2n) is 4.42. The number of hydrogen-bond donors (Lipinski definition) is 2. The summed E-state index contributed by atoms with van der Waals surface area (Å²) in [5, 5.41) is 9.05. The molecule has 108 valence electrons. The molecule has 0 radical (unpaired) electrons. The van der Waals surface area contributed by atoms with Crippen LogP contribution in [0.2, 0.25) is 0 Å². The van der Waals surface area contributed by atoms with Gasteiger partial charge in [-0.25, -0.2) is 13.1 Å². The Balaban J connectivity index is 2.02. The highest BCUT2D eigenvalue weighted by Gasteiger charge is 2.22. The minimum Gasteiger partial charge on any atom is -0.391 e. The number of hydrogen-bond acceptors (Lipinski definition) is 5. The Morgan fingerprint density at radius 1 is 1.42 bits per heavy atom. The molecule has 0 unspecified atom stereocenters. The Bertz CT molecular complexity index is 523. The Kier molecular flexibility index (Phi) is 5.74. The van der Waals surface area contributed by atoms with Gasteiger partial charge < -0.3 is 5.11 Å². The van der Waals surface area contributed by atoms with Crippen LogP contribution in [-0.4, -0.2) is 31.6 Å². The summed E-state index contributed by atoms with van der Waals surface area (Å²) < 4.78 is 27.6. The van der Waals surface area contributed by atoms with Crippen LogP contribution in [0.25, 0.3) is 0 Å². The summed E-state index contributed by atoms with van der Waals surface area (Å²) >= 11 is 6.42. The molecule has 1 fully saturated rings. The summed E-state index contributed by atoms with van der Waals surface area (Å²) in [5.74, 6) is 2.66. The third kappa shape index (κ3) is 4.18. The van der Waals surface area contributed by atoms with Gasteiger partial charge in [0.15, 0.2) is 0 Å². The normalized spacial score (nSPS) is 17.8. The van der Waals surface area contributed by atoms with E-state index in [1.54, 1.807) is 0 Å². The van der Waals surface area contributed by atoms with E-state index in [0.717, 1.165) is 24.3 Å². The smallest absolute Gasteiger partial charge is 0.242 e.